The Morgan fingerprint density at radius 3 is 2.76 bits per heavy atom. The number of carbonyl (C=O) groups is 1. The SMILES string of the molecule is CNC(=O)c1cc(OC)cc2c1C(C)(C)CN2. The molecule has 0 atom stereocenters. The molecule has 0 unspecified atom stereocenters. The van der Waals surface area contributed by atoms with Gasteiger partial charge in [0.2, 0.25) is 0 Å². The van der Waals surface area contributed by atoms with Gasteiger partial charge in [-0.1, -0.05) is 13.8 Å². The summed E-state index contributed by atoms with van der Waals surface area (Å²) in [4.78, 5) is 11.9. The lowest BCUT2D eigenvalue weighted by molar-refractivity contribution is 0.0961. The Morgan fingerprint density at radius 2 is 2.18 bits per heavy atom. The summed E-state index contributed by atoms with van der Waals surface area (Å²) in [7, 11) is 3.25. The molecule has 4 nitrogen and oxygen atoms in total. The summed E-state index contributed by atoms with van der Waals surface area (Å²) in [6.45, 7) is 5.09. The van der Waals surface area contributed by atoms with Crippen molar-refractivity contribution in [1.29, 1.82) is 0 Å². The molecule has 2 rings (SSSR count). The van der Waals surface area contributed by atoms with Gasteiger partial charge in [0.25, 0.3) is 5.91 Å². The number of hydrogen-bond donors (Lipinski definition) is 2. The van der Waals surface area contributed by atoms with Crippen LogP contribution in [-0.4, -0.2) is 26.6 Å². The van der Waals surface area contributed by atoms with Crippen molar-refractivity contribution in [3.63, 3.8) is 0 Å². The Hall–Kier alpha value is -1.71. The zero-order valence-corrected chi connectivity index (χ0v) is 10.7. The van der Waals surface area contributed by atoms with Crippen LogP contribution in [0.5, 0.6) is 5.75 Å². The molecule has 1 aliphatic rings. The highest BCUT2D eigenvalue weighted by molar-refractivity contribution is 5.98. The maximum Gasteiger partial charge on any atom is 0.251 e. The standard InChI is InChI=1S/C13H18N2O2/c1-13(2)7-15-10-6-8(17-4)5-9(11(10)13)12(16)14-3/h5-6,15H,7H2,1-4H3,(H,14,16). The van der Waals surface area contributed by atoms with E-state index in [-0.39, 0.29) is 11.3 Å². The van der Waals surface area contributed by atoms with Crippen molar-refractivity contribution >= 4 is 11.6 Å². The number of benzene rings is 1. The average molecular weight is 234 g/mol. The molecule has 0 saturated heterocycles. The van der Waals surface area contributed by atoms with Gasteiger partial charge in [-0.15, -0.1) is 0 Å². The van der Waals surface area contributed by atoms with Gasteiger partial charge in [-0.25, -0.2) is 0 Å². The van der Waals surface area contributed by atoms with Crippen molar-refractivity contribution < 1.29 is 9.53 Å². The monoisotopic (exact) mass is 234 g/mol. The molecule has 1 amide bonds. The summed E-state index contributed by atoms with van der Waals surface area (Å²) in [5.41, 5.74) is 2.71. The van der Waals surface area contributed by atoms with Crippen molar-refractivity contribution in [2.24, 2.45) is 0 Å². The molecular formula is C13H18N2O2. The van der Waals surface area contributed by atoms with Crippen molar-refractivity contribution in [1.82, 2.24) is 5.32 Å². The van der Waals surface area contributed by atoms with Crippen LogP contribution in [0.25, 0.3) is 0 Å². The minimum absolute atomic E-state index is 0.0382. The quantitative estimate of drug-likeness (QED) is 0.819. The summed E-state index contributed by atoms with van der Waals surface area (Å²) < 4.78 is 5.22. The van der Waals surface area contributed by atoms with Gasteiger partial charge in [-0.3, -0.25) is 4.79 Å². The first-order chi connectivity index (χ1) is 7.99. The van der Waals surface area contributed by atoms with Gasteiger partial charge in [0.1, 0.15) is 5.75 Å². The fraction of sp³-hybridized carbons (Fsp3) is 0.462. The number of fused-ring (bicyclic) bond motifs is 1. The maximum atomic E-state index is 11.9. The normalized spacial score (nSPS) is 16.0. The van der Waals surface area contributed by atoms with Crippen LogP contribution in [0.3, 0.4) is 0 Å². The zero-order valence-electron chi connectivity index (χ0n) is 10.7. The molecule has 0 fully saturated rings. The first kappa shape index (κ1) is 11.8. The molecule has 0 aromatic heterocycles. The van der Waals surface area contributed by atoms with E-state index in [2.05, 4.69) is 24.5 Å². The molecule has 92 valence electrons. The highest BCUT2D eigenvalue weighted by Crippen LogP contribution is 2.41. The first-order valence-corrected chi connectivity index (χ1v) is 5.68. The fourth-order valence-corrected chi connectivity index (χ4v) is 2.32. The largest absolute Gasteiger partial charge is 0.497 e. The minimum Gasteiger partial charge on any atom is -0.497 e. The van der Waals surface area contributed by atoms with Crippen molar-refractivity contribution in [2.45, 2.75) is 19.3 Å². The lowest BCUT2D eigenvalue weighted by Crippen LogP contribution is -2.25. The third-order valence-electron chi connectivity index (χ3n) is 3.22. The molecule has 1 heterocycles. The third-order valence-corrected chi connectivity index (χ3v) is 3.22. The molecule has 2 N–H and O–H groups in total. The van der Waals surface area contributed by atoms with E-state index >= 15 is 0 Å². The molecule has 1 aliphatic heterocycles. The van der Waals surface area contributed by atoms with Gasteiger partial charge >= 0.3 is 0 Å². The van der Waals surface area contributed by atoms with Crippen LogP contribution in [0, 0.1) is 0 Å². The van der Waals surface area contributed by atoms with Gasteiger partial charge in [0.15, 0.2) is 0 Å². The van der Waals surface area contributed by atoms with Gasteiger partial charge in [0.05, 0.1) is 7.11 Å². The second kappa shape index (κ2) is 3.95. The number of rotatable bonds is 2. The van der Waals surface area contributed by atoms with E-state index in [4.69, 9.17) is 4.74 Å². The molecule has 0 bridgehead atoms. The summed E-state index contributed by atoms with van der Waals surface area (Å²) in [6.07, 6.45) is 0. The molecule has 0 radical (unpaired) electrons. The van der Waals surface area contributed by atoms with Crippen LogP contribution in [0.2, 0.25) is 0 Å². The van der Waals surface area contributed by atoms with Crippen molar-refractivity contribution in [2.75, 3.05) is 26.0 Å². The number of methoxy groups -OCH3 is 1. The maximum absolute atomic E-state index is 11.9. The summed E-state index contributed by atoms with van der Waals surface area (Å²) in [6, 6.07) is 3.74. The Kier molecular flexibility index (Phi) is 2.73. The summed E-state index contributed by atoms with van der Waals surface area (Å²) >= 11 is 0. The van der Waals surface area contributed by atoms with E-state index in [0.717, 1.165) is 17.8 Å². The number of nitrogens with one attached hydrogen (secondary N) is 2. The summed E-state index contributed by atoms with van der Waals surface area (Å²) in [5.74, 6) is 0.629. The molecule has 0 saturated carbocycles. The predicted octanol–water partition coefficient (Wildman–Crippen LogP) is 1.76. The lowest BCUT2D eigenvalue weighted by Gasteiger charge is -2.20. The van der Waals surface area contributed by atoms with Crippen LogP contribution in [0.1, 0.15) is 29.8 Å². The van der Waals surface area contributed by atoms with E-state index in [0.29, 0.717) is 11.3 Å². The Bertz CT molecular complexity index is 467. The van der Waals surface area contributed by atoms with Gasteiger partial charge in [-0.2, -0.15) is 0 Å². The molecule has 1 aromatic rings. The van der Waals surface area contributed by atoms with Gasteiger partial charge in [-0.05, 0) is 11.6 Å². The number of anilines is 1. The van der Waals surface area contributed by atoms with Crippen molar-refractivity contribution in [3.8, 4) is 5.75 Å². The molecule has 4 heteroatoms. The smallest absolute Gasteiger partial charge is 0.251 e. The van der Waals surface area contributed by atoms with Gasteiger partial charge in [0, 0.05) is 36.3 Å². The molecular weight excluding hydrogens is 216 g/mol. The Balaban J connectivity index is 2.64. The van der Waals surface area contributed by atoms with E-state index in [1.54, 1.807) is 20.2 Å². The topological polar surface area (TPSA) is 50.4 Å². The Morgan fingerprint density at radius 1 is 1.47 bits per heavy atom. The van der Waals surface area contributed by atoms with E-state index in [9.17, 15) is 4.79 Å². The first-order valence-electron chi connectivity index (χ1n) is 5.68. The second-order valence-corrected chi connectivity index (χ2v) is 4.91. The zero-order chi connectivity index (χ0) is 12.6. The molecule has 0 aliphatic carbocycles. The van der Waals surface area contributed by atoms with E-state index in [1.807, 2.05) is 6.07 Å². The number of carbonyl (C=O) groups excluding carboxylic acids is 1. The van der Waals surface area contributed by atoms with E-state index in [1.165, 1.54) is 0 Å². The molecule has 17 heavy (non-hydrogen) atoms. The Labute approximate surface area is 101 Å². The number of ether oxygens (including phenoxy) is 1. The molecule has 1 aromatic carbocycles. The molecule has 0 spiro atoms. The van der Waals surface area contributed by atoms with E-state index < -0.39 is 0 Å². The number of hydrogen-bond acceptors (Lipinski definition) is 3. The summed E-state index contributed by atoms with van der Waals surface area (Å²) in [5, 5.41) is 6.00. The van der Waals surface area contributed by atoms with Crippen LogP contribution in [-0.2, 0) is 5.41 Å². The third kappa shape index (κ3) is 1.84. The predicted molar refractivity (Wildman–Crippen MR) is 67.9 cm³/mol. The highest BCUT2D eigenvalue weighted by atomic mass is 16.5. The van der Waals surface area contributed by atoms with Gasteiger partial charge < -0.3 is 15.4 Å². The minimum atomic E-state index is -0.0723. The van der Waals surface area contributed by atoms with Crippen LogP contribution < -0.4 is 15.4 Å². The number of amides is 1. The van der Waals surface area contributed by atoms with Crippen LogP contribution in [0.15, 0.2) is 12.1 Å². The highest BCUT2D eigenvalue weighted by Gasteiger charge is 2.34. The van der Waals surface area contributed by atoms with Crippen molar-refractivity contribution in [3.05, 3.63) is 23.3 Å². The van der Waals surface area contributed by atoms with Crippen LogP contribution in [0.4, 0.5) is 5.69 Å². The second-order valence-electron chi connectivity index (χ2n) is 4.91. The fourth-order valence-electron chi connectivity index (χ4n) is 2.32. The lowest BCUT2D eigenvalue weighted by atomic mass is 9.83. The van der Waals surface area contributed by atoms with Crippen LogP contribution >= 0.6 is 0 Å². The average Bonchev–Trinajstić information content (AvgIpc) is 2.63.